The third kappa shape index (κ3) is 3.89. The molecule has 0 bridgehead atoms. The zero-order valence-corrected chi connectivity index (χ0v) is 13.9. The maximum absolute atomic E-state index is 12.6. The summed E-state index contributed by atoms with van der Waals surface area (Å²) in [4.78, 5) is 26.2. The van der Waals surface area contributed by atoms with Gasteiger partial charge in [0.1, 0.15) is 0 Å². The Morgan fingerprint density at radius 1 is 0.846 bits per heavy atom. The van der Waals surface area contributed by atoms with E-state index >= 15 is 0 Å². The number of carbonyl (C=O) groups is 2. The molecule has 0 radical (unpaired) electrons. The van der Waals surface area contributed by atoms with Crippen LogP contribution in [0.1, 0.15) is 16.8 Å². The Morgan fingerprint density at radius 3 is 2.04 bits per heavy atom. The van der Waals surface area contributed by atoms with Crippen molar-refractivity contribution < 1.29 is 22.8 Å². The Kier molecular flexibility index (Phi) is 5.01. The summed E-state index contributed by atoms with van der Waals surface area (Å²) >= 11 is 0. The molecule has 5 nitrogen and oxygen atoms in total. The van der Waals surface area contributed by atoms with Crippen LogP contribution in [0.3, 0.4) is 0 Å². The number of carbonyl (C=O) groups excluding carboxylic acids is 2. The third-order valence-corrected chi connectivity index (χ3v) is 4.33. The molecule has 26 heavy (non-hydrogen) atoms. The highest BCUT2D eigenvalue weighted by Gasteiger charge is 2.42. The second-order valence-corrected chi connectivity index (χ2v) is 6.07. The molecule has 138 valence electrons. The quantitative estimate of drug-likeness (QED) is 0.822. The fraction of sp³-hybridized carbons (Fsp3) is 0.333. The van der Waals surface area contributed by atoms with Gasteiger partial charge in [0, 0.05) is 49.8 Å². The van der Waals surface area contributed by atoms with Gasteiger partial charge in [-0.1, -0.05) is 0 Å². The van der Waals surface area contributed by atoms with E-state index in [0.29, 0.717) is 18.5 Å². The number of hydrogen-bond acceptors (Lipinski definition) is 2. The van der Waals surface area contributed by atoms with Crippen LogP contribution in [0.15, 0.2) is 48.8 Å². The van der Waals surface area contributed by atoms with Crippen LogP contribution in [0, 0.1) is 0 Å². The van der Waals surface area contributed by atoms with Crippen LogP contribution in [-0.2, 0) is 4.79 Å². The number of alkyl halides is 3. The summed E-state index contributed by atoms with van der Waals surface area (Å²) in [6.07, 6.45) is -0.793. The third-order valence-electron chi connectivity index (χ3n) is 4.33. The summed E-state index contributed by atoms with van der Waals surface area (Å²) in [7, 11) is 0. The molecule has 1 aliphatic rings. The maximum atomic E-state index is 12.6. The number of aromatic nitrogens is 1. The first-order valence-corrected chi connectivity index (χ1v) is 8.25. The highest BCUT2D eigenvalue weighted by molar-refractivity contribution is 5.94. The van der Waals surface area contributed by atoms with E-state index in [9.17, 15) is 22.8 Å². The van der Waals surface area contributed by atoms with Crippen molar-refractivity contribution in [1.29, 1.82) is 0 Å². The Hall–Kier alpha value is -2.77. The van der Waals surface area contributed by atoms with Gasteiger partial charge in [-0.15, -0.1) is 0 Å². The molecular weight excluding hydrogens is 347 g/mol. The average molecular weight is 365 g/mol. The molecule has 1 aromatic carbocycles. The number of hydrogen-bond donors (Lipinski definition) is 0. The van der Waals surface area contributed by atoms with Crippen LogP contribution >= 0.6 is 0 Å². The Balaban J connectivity index is 1.66. The average Bonchev–Trinajstić information content (AvgIpc) is 3.05. The van der Waals surface area contributed by atoms with Gasteiger partial charge in [0.25, 0.3) is 5.91 Å². The van der Waals surface area contributed by atoms with Crippen molar-refractivity contribution in [3.8, 4) is 5.69 Å². The lowest BCUT2D eigenvalue weighted by atomic mass is 10.1. The van der Waals surface area contributed by atoms with E-state index in [1.165, 1.54) is 4.90 Å². The van der Waals surface area contributed by atoms with Crippen molar-refractivity contribution in [3.05, 3.63) is 54.4 Å². The molecule has 1 fully saturated rings. The maximum Gasteiger partial charge on any atom is 0.471 e. The molecule has 0 unspecified atom stereocenters. The summed E-state index contributed by atoms with van der Waals surface area (Å²) in [6, 6.07) is 10.8. The van der Waals surface area contributed by atoms with Crippen LogP contribution in [-0.4, -0.2) is 58.5 Å². The van der Waals surface area contributed by atoms with Crippen LogP contribution in [0.2, 0.25) is 0 Å². The summed E-state index contributed by atoms with van der Waals surface area (Å²) in [5.74, 6) is -2.09. The van der Waals surface area contributed by atoms with Gasteiger partial charge in [-0.05, 0) is 42.8 Å². The minimum Gasteiger partial charge on any atom is -0.337 e. The molecule has 0 aliphatic carbocycles. The second kappa shape index (κ2) is 7.23. The van der Waals surface area contributed by atoms with Crippen LogP contribution in [0.25, 0.3) is 5.69 Å². The van der Waals surface area contributed by atoms with Crippen molar-refractivity contribution in [2.24, 2.45) is 0 Å². The predicted molar refractivity (Wildman–Crippen MR) is 88.9 cm³/mol. The molecule has 3 rings (SSSR count). The van der Waals surface area contributed by atoms with Gasteiger partial charge in [0.15, 0.2) is 0 Å². The lowest BCUT2D eigenvalue weighted by Gasteiger charge is -2.23. The molecule has 2 aromatic rings. The lowest BCUT2D eigenvalue weighted by molar-refractivity contribution is -0.185. The summed E-state index contributed by atoms with van der Waals surface area (Å²) in [6.45, 7) is 0.278. The lowest BCUT2D eigenvalue weighted by Crippen LogP contribution is -2.43. The van der Waals surface area contributed by atoms with Gasteiger partial charge in [-0.25, -0.2) is 0 Å². The van der Waals surface area contributed by atoms with E-state index in [1.807, 2.05) is 41.2 Å². The molecule has 0 N–H and O–H groups in total. The zero-order chi connectivity index (χ0) is 18.7. The minimum atomic E-state index is -4.88. The fourth-order valence-corrected chi connectivity index (χ4v) is 2.97. The van der Waals surface area contributed by atoms with Gasteiger partial charge in [0.05, 0.1) is 0 Å². The summed E-state index contributed by atoms with van der Waals surface area (Å²) in [5.41, 5.74) is 1.38. The van der Waals surface area contributed by atoms with Crippen molar-refractivity contribution in [2.45, 2.75) is 12.6 Å². The highest BCUT2D eigenvalue weighted by atomic mass is 19.4. The van der Waals surface area contributed by atoms with Crippen molar-refractivity contribution in [1.82, 2.24) is 14.4 Å². The minimum absolute atomic E-state index is 0.00527. The Morgan fingerprint density at radius 2 is 1.42 bits per heavy atom. The monoisotopic (exact) mass is 365 g/mol. The van der Waals surface area contributed by atoms with Crippen LogP contribution in [0.5, 0.6) is 0 Å². The molecule has 2 amide bonds. The van der Waals surface area contributed by atoms with Crippen LogP contribution < -0.4 is 0 Å². The van der Waals surface area contributed by atoms with Crippen molar-refractivity contribution >= 4 is 11.8 Å². The van der Waals surface area contributed by atoms with Gasteiger partial charge in [-0.2, -0.15) is 13.2 Å². The smallest absolute Gasteiger partial charge is 0.337 e. The topological polar surface area (TPSA) is 45.6 Å². The molecule has 0 saturated carbocycles. The van der Waals surface area contributed by atoms with E-state index in [2.05, 4.69) is 0 Å². The fourth-order valence-electron chi connectivity index (χ4n) is 2.97. The zero-order valence-electron chi connectivity index (χ0n) is 13.9. The molecular formula is C18H18F3N3O2. The Bertz CT molecular complexity index is 770. The molecule has 0 spiro atoms. The standard InChI is InChI=1S/C18H18F3N3O2/c19-18(20,21)17(26)24-11-3-10-23(12-13-24)16(25)14-4-6-15(7-5-14)22-8-1-2-9-22/h1-2,4-9H,3,10-13H2. The summed E-state index contributed by atoms with van der Waals surface area (Å²) < 4.78 is 39.6. The first-order valence-electron chi connectivity index (χ1n) is 8.25. The van der Waals surface area contributed by atoms with E-state index < -0.39 is 12.1 Å². The van der Waals surface area contributed by atoms with Gasteiger partial charge in [0.2, 0.25) is 0 Å². The van der Waals surface area contributed by atoms with Crippen molar-refractivity contribution in [3.63, 3.8) is 0 Å². The normalized spacial score (nSPS) is 15.7. The molecule has 8 heteroatoms. The molecule has 2 heterocycles. The van der Waals surface area contributed by atoms with E-state index in [1.54, 1.807) is 12.1 Å². The summed E-state index contributed by atoms with van der Waals surface area (Å²) in [5, 5.41) is 0. The first kappa shape index (κ1) is 18.0. The van der Waals surface area contributed by atoms with E-state index in [-0.39, 0.29) is 25.5 Å². The van der Waals surface area contributed by atoms with E-state index in [0.717, 1.165) is 10.6 Å². The molecule has 1 aromatic heterocycles. The highest BCUT2D eigenvalue weighted by Crippen LogP contribution is 2.20. The number of benzene rings is 1. The SMILES string of the molecule is O=C(c1ccc(-n2cccc2)cc1)N1CCCN(C(=O)C(F)(F)F)CC1. The largest absolute Gasteiger partial charge is 0.471 e. The predicted octanol–water partition coefficient (Wildman–Crippen LogP) is 2.71. The van der Waals surface area contributed by atoms with Gasteiger partial charge >= 0.3 is 12.1 Å². The Labute approximate surface area is 148 Å². The van der Waals surface area contributed by atoms with Crippen molar-refractivity contribution in [2.75, 3.05) is 26.2 Å². The first-order chi connectivity index (χ1) is 12.4. The van der Waals surface area contributed by atoms with E-state index in [4.69, 9.17) is 0 Å². The molecule has 1 aliphatic heterocycles. The molecule has 0 atom stereocenters. The van der Waals surface area contributed by atoms with Gasteiger partial charge < -0.3 is 14.4 Å². The number of nitrogens with zero attached hydrogens (tertiary/aromatic N) is 3. The number of amides is 2. The second-order valence-electron chi connectivity index (χ2n) is 6.07. The van der Waals surface area contributed by atoms with Gasteiger partial charge in [-0.3, -0.25) is 9.59 Å². The van der Waals surface area contributed by atoms with Crippen LogP contribution in [0.4, 0.5) is 13.2 Å². The number of rotatable bonds is 2. The number of halogens is 3. The molecule has 1 saturated heterocycles.